The molecule has 0 radical (unpaired) electrons. The number of benzene rings is 1. The Morgan fingerprint density at radius 3 is 3.00 bits per heavy atom. The first-order valence-electron chi connectivity index (χ1n) is 6.54. The van der Waals surface area contributed by atoms with Crippen LogP contribution in [0.15, 0.2) is 28.2 Å². The summed E-state index contributed by atoms with van der Waals surface area (Å²) in [5, 5.41) is 9.27. The smallest absolute Gasteiger partial charge is 0.252 e. The van der Waals surface area contributed by atoms with Crippen molar-refractivity contribution in [1.29, 1.82) is 0 Å². The van der Waals surface area contributed by atoms with Gasteiger partial charge in [0.2, 0.25) is 0 Å². The average molecular weight is 340 g/mol. The van der Waals surface area contributed by atoms with Gasteiger partial charge in [-0.25, -0.2) is 0 Å². The number of halogens is 1. The number of hydrogen-bond donors (Lipinski definition) is 1. The third kappa shape index (κ3) is 3.61. The summed E-state index contributed by atoms with van der Waals surface area (Å²) in [7, 11) is 1.74. The van der Waals surface area contributed by atoms with Gasteiger partial charge in [0.1, 0.15) is 12.4 Å². The first kappa shape index (κ1) is 15.1. The van der Waals surface area contributed by atoms with Gasteiger partial charge in [-0.2, -0.15) is 0 Å². The summed E-state index contributed by atoms with van der Waals surface area (Å²) in [6.45, 7) is 2.53. The molecule has 1 aromatic rings. The van der Waals surface area contributed by atoms with Crippen molar-refractivity contribution < 1.29 is 14.6 Å². The van der Waals surface area contributed by atoms with Crippen molar-refractivity contribution in [3.63, 3.8) is 0 Å². The Hall–Kier alpha value is -1.33. The maximum atomic E-state index is 12.3. The molecule has 1 unspecified atom stereocenters. The predicted octanol–water partition coefficient (Wildman–Crippen LogP) is 2.45. The van der Waals surface area contributed by atoms with E-state index >= 15 is 0 Å². The first-order chi connectivity index (χ1) is 9.47. The standard InChI is InChI=1S/C15H18BrNO3/c1-10(18)5-6-17(2)15(19)12-7-11-8-13(16)3-4-14(11)20-9-12/h3-4,7-8,10,18H,5-6,9H2,1-2H3. The van der Waals surface area contributed by atoms with Crippen molar-refractivity contribution in [2.45, 2.75) is 19.4 Å². The highest BCUT2D eigenvalue weighted by molar-refractivity contribution is 9.10. The summed E-state index contributed by atoms with van der Waals surface area (Å²) >= 11 is 3.41. The van der Waals surface area contributed by atoms with Crippen molar-refractivity contribution in [2.24, 2.45) is 0 Å². The molecule has 0 saturated carbocycles. The summed E-state index contributed by atoms with van der Waals surface area (Å²) in [5.74, 6) is 0.729. The molecule has 1 heterocycles. The van der Waals surface area contributed by atoms with Crippen LogP contribution in [0.25, 0.3) is 6.08 Å². The van der Waals surface area contributed by atoms with Crippen LogP contribution in [-0.2, 0) is 4.79 Å². The van der Waals surface area contributed by atoms with Crippen LogP contribution in [0.2, 0.25) is 0 Å². The van der Waals surface area contributed by atoms with E-state index in [-0.39, 0.29) is 12.5 Å². The molecule has 1 aliphatic heterocycles. The number of aliphatic hydroxyl groups excluding tert-OH is 1. The Labute approximate surface area is 127 Å². The molecule has 0 spiro atoms. The van der Waals surface area contributed by atoms with E-state index in [9.17, 15) is 9.90 Å². The molecule has 5 heteroatoms. The van der Waals surface area contributed by atoms with E-state index in [1.54, 1.807) is 18.9 Å². The van der Waals surface area contributed by atoms with Gasteiger partial charge in [0, 0.05) is 23.6 Å². The summed E-state index contributed by atoms with van der Waals surface area (Å²) in [5.41, 5.74) is 1.53. The molecular formula is C15H18BrNO3. The number of nitrogens with zero attached hydrogens (tertiary/aromatic N) is 1. The van der Waals surface area contributed by atoms with Gasteiger partial charge in [-0.1, -0.05) is 15.9 Å². The quantitative estimate of drug-likeness (QED) is 0.916. The highest BCUT2D eigenvalue weighted by Gasteiger charge is 2.20. The molecule has 0 bridgehead atoms. The molecule has 0 aliphatic carbocycles. The minimum Gasteiger partial charge on any atom is -0.488 e. The average Bonchev–Trinajstić information content (AvgIpc) is 2.43. The molecule has 2 rings (SSSR count). The molecule has 1 N–H and O–H groups in total. The van der Waals surface area contributed by atoms with Crippen molar-refractivity contribution >= 4 is 27.9 Å². The zero-order chi connectivity index (χ0) is 14.7. The molecule has 0 aromatic heterocycles. The number of amides is 1. The Bertz CT molecular complexity index is 540. The maximum Gasteiger partial charge on any atom is 0.252 e. The Balaban J connectivity index is 2.11. The number of carbonyl (C=O) groups excluding carboxylic acids is 1. The minimum absolute atomic E-state index is 0.0590. The number of ether oxygens (including phenoxy) is 1. The third-order valence-electron chi connectivity index (χ3n) is 3.19. The third-order valence-corrected chi connectivity index (χ3v) is 3.68. The predicted molar refractivity (Wildman–Crippen MR) is 81.5 cm³/mol. The highest BCUT2D eigenvalue weighted by atomic mass is 79.9. The minimum atomic E-state index is -0.404. The van der Waals surface area contributed by atoms with Gasteiger partial charge in [0.05, 0.1) is 11.7 Å². The van der Waals surface area contributed by atoms with Gasteiger partial charge in [-0.3, -0.25) is 4.79 Å². The lowest BCUT2D eigenvalue weighted by Gasteiger charge is -2.23. The van der Waals surface area contributed by atoms with Gasteiger partial charge in [0.25, 0.3) is 5.91 Å². The number of hydrogen-bond acceptors (Lipinski definition) is 3. The molecule has 4 nitrogen and oxygen atoms in total. The second kappa shape index (κ2) is 6.41. The van der Waals surface area contributed by atoms with Crippen LogP contribution in [0, 0.1) is 0 Å². The fourth-order valence-corrected chi connectivity index (χ4v) is 2.38. The summed E-state index contributed by atoms with van der Waals surface area (Å²) in [4.78, 5) is 13.9. The van der Waals surface area contributed by atoms with Gasteiger partial charge in [-0.15, -0.1) is 0 Å². The van der Waals surface area contributed by atoms with Crippen LogP contribution in [0.4, 0.5) is 0 Å². The van der Waals surface area contributed by atoms with E-state index in [0.717, 1.165) is 15.8 Å². The van der Waals surface area contributed by atoms with Gasteiger partial charge < -0.3 is 14.7 Å². The second-order valence-electron chi connectivity index (χ2n) is 5.00. The molecule has 0 fully saturated rings. The number of aliphatic hydroxyl groups is 1. The van der Waals surface area contributed by atoms with E-state index in [4.69, 9.17) is 4.74 Å². The zero-order valence-corrected chi connectivity index (χ0v) is 13.2. The molecule has 1 aromatic carbocycles. The van der Waals surface area contributed by atoms with E-state index < -0.39 is 6.10 Å². The summed E-state index contributed by atoms with van der Waals surface area (Å²) in [6, 6.07) is 5.72. The number of rotatable bonds is 4. The zero-order valence-electron chi connectivity index (χ0n) is 11.6. The molecule has 1 amide bonds. The topological polar surface area (TPSA) is 49.8 Å². The number of fused-ring (bicyclic) bond motifs is 1. The Kier molecular flexibility index (Phi) is 4.83. The van der Waals surface area contributed by atoms with Crippen molar-refractivity contribution in [2.75, 3.05) is 20.2 Å². The fraction of sp³-hybridized carbons (Fsp3) is 0.400. The lowest BCUT2D eigenvalue weighted by atomic mass is 10.1. The van der Waals surface area contributed by atoms with E-state index in [0.29, 0.717) is 18.5 Å². The molecular weight excluding hydrogens is 322 g/mol. The molecule has 20 heavy (non-hydrogen) atoms. The maximum absolute atomic E-state index is 12.3. The lowest BCUT2D eigenvalue weighted by molar-refractivity contribution is -0.126. The van der Waals surface area contributed by atoms with E-state index in [2.05, 4.69) is 15.9 Å². The Morgan fingerprint density at radius 1 is 1.55 bits per heavy atom. The monoisotopic (exact) mass is 339 g/mol. The van der Waals surface area contributed by atoms with Gasteiger partial charge in [0.15, 0.2) is 0 Å². The van der Waals surface area contributed by atoms with Crippen molar-refractivity contribution in [3.8, 4) is 5.75 Å². The van der Waals surface area contributed by atoms with Gasteiger partial charge in [-0.05, 0) is 37.6 Å². The van der Waals surface area contributed by atoms with Crippen molar-refractivity contribution in [1.82, 2.24) is 4.90 Å². The van der Waals surface area contributed by atoms with Crippen molar-refractivity contribution in [3.05, 3.63) is 33.8 Å². The SMILES string of the molecule is CC(O)CCN(C)C(=O)C1=Cc2cc(Br)ccc2OC1. The number of carbonyl (C=O) groups is 1. The van der Waals surface area contributed by atoms with Crippen LogP contribution in [0.3, 0.4) is 0 Å². The summed E-state index contributed by atoms with van der Waals surface area (Å²) in [6.07, 6.45) is 2.03. The fourth-order valence-electron chi connectivity index (χ4n) is 2.00. The van der Waals surface area contributed by atoms with Crippen LogP contribution < -0.4 is 4.74 Å². The van der Waals surface area contributed by atoms with Crippen LogP contribution in [0.5, 0.6) is 5.75 Å². The van der Waals surface area contributed by atoms with Crippen LogP contribution >= 0.6 is 15.9 Å². The molecule has 1 atom stereocenters. The van der Waals surface area contributed by atoms with E-state index in [1.807, 2.05) is 24.3 Å². The molecule has 0 saturated heterocycles. The highest BCUT2D eigenvalue weighted by Crippen LogP contribution is 2.29. The Morgan fingerprint density at radius 2 is 2.30 bits per heavy atom. The van der Waals surface area contributed by atoms with E-state index in [1.165, 1.54) is 0 Å². The van der Waals surface area contributed by atoms with Crippen LogP contribution in [0.1, 0.15) is 18.9 Å². The molecule has 1 aliphatic rings. The summed E-state index contributed by atoms with van der Waals surface area (Å²) < 4.78 is 6.55. The second-order valence-corrected chi connectivity index (χ2v) is 5.92. The number of likely N-dealkylation sites (N-methyl/N-ethyl adjacent to an activating group) is 1. The largest absolute Gasteiger partial charge is 0.488 e. The molecule has 108 valence electrons. The first-order valence-corrected chi connectivity index (χ1v) is 7.33. The normalized spacial score (nSPS) is 14.9. The lowest BCUT2D eigenvalue weighted by Crippen LogP contribution is -2.32. The van der Waals surface area contributed by atoms with Crippen LogP contribution in [-0.4, -0.2) is 42.2 Å². The van der Waals surface area contributed by atoms with Gasteiger partial charge >= 0.3 is 0 Å².